The molecule has 0 aromatic heterocycles. The lowest BCUT2D eigenvalue weighted by atomic mass is 9.87. The molecule has 2 aliphatic rings. The van der Waals surface area contributed by atoms with Crippen LogP contribution in [0.5, 0.6) is 0 Å². The molecule has 2 rings (SSSR count). The first-order valence-electron chi connectivity index (χ1n) is 4.42. The Morgan fingerprint density at radius 2 is 2.00 bits per heavy atom. The van der Waals surface area contributed by atoms with Crippen molar-refractivity contribution in [2.75, 3.05) is 6.54 Å². The summed E-state index contributed by atoms with van der Waals surface area (Å²) in [5.74, 6) is -0.776. The molecule has 0 amide bonds. The lowest BCUT2D eigenvalue weighted by Crippen LogP contribution is -2.37. The Hall–Kier alpha value is -1.22. The zero-order valence-corrected chi connectivity index (χ0v) is 7.46. The fourth-order valence-corrected chi connectivity index (χ4v) is 1.77. The number of allylic oxidation sites excluding steroid dienone is 2. The predicted octanol–water partition coefficient (Wildman–Crippen LogP) is 0.373. The van der Waals surface area contributed by atoms with Crippen molar-refractivity contribution in [3.63, 3.8) is 0 Å². The first-order chi connectivity index (χ1) is 6.18. The van der Waals surface area contributed by atoms with Crippen LogP contribution in [0.2, 0.25) is 0 Å². The Bertz CT molecular complexity index is 339. The first kappa shape index (κ1) is 8.38. The summed E-state index contributed by atoms with van der Waals surface area (Å²) in [4.78, 5) is 22.2. The minimum atomic E-state index is -0.394. The summed E-state index contributed by atoms with van der Waals surface area (Å²) in [6.07, 6.45) is 3.79. The van der Waals surface area contributed by atoms with Crippen LogP contribution in [-0.4, -0.2) is 24.2 Å². The second kappa shape index (κ2) is 2.92. The van der Waals surface area contributed by atoms with E-state index >= 15 is 0 Å². The number of fused-ring (bicyclic) bond motifs is 1. The van der Waals surface area contributed by atoms with Gasteiger partial charge in [-0.05, 0) is 43.2 Å². The van der Waals surface area contributed by atoms with Crippen molar-refractivity contribution in [1.82, 2.24) is 5.32 Å². The topological polar surface area (TPSA) is 46.2 Å². The Labute approximate surface area is 76.5 Å². The lowest BCUT2D eigenvalue weighted by Gasteiger charge is -2.27. The number of rotatable bonds is 0. The quantitative estimate of drug-likeness (QED) is 0.429. The highest BCUT2D eigenvalue weighted by molar-refractivity contribution is 6.46. The van der Waals surface area contributed by atoms with Crippen LogP contribution in [0, 0.1) is 0 Å². The molecule has 1 saturated heterocycles. The van der Waals surface area contributed by atoms with Crippen LogP contribution in [0.25, 0.3) is 0 Å². The van der Waals surface area contributed by atoms with Crippen molar-refractivity contribution < 1.29 is 9.59 Å². The molecule has 0 spiro atoms. The molecule has 0 saturated carbocycles. The third-order valence-electron chi connectivity index (χ3n) is 2.52. The SMILES string of the molecule is C[C@H]1NCCC2=CC(=O)C(=O)C=C21. The summed E-state index contributed by atoms with van der Waals surface area (Å²) in [6.45, 7) is 2.88. The maximum absolute atomic E-state index is 11.1. The van der Waals surface area contributed by atoms with E-state index in [1.54, 1.807) is 0 Å². The number of carbonyl (C=O) groups excluding carboxylic acids is 2. The van der Waals surface area contributed by atoms with Gasteiger partial charge < -0.3 is 5.32 Å². The Kier molecular flexibility index (Phi) is 1.88. The van der Waals surface area contributed by atoms with Gasteiger partial charge in [-0.15, -0.1) is 0 Å². The minimum absolute atomic E-state index is 0.192. The zero-order chi connectivity index (χ0) is 9.42. The molecule has 0 unspecified atom stereocenters. The first-order valence-corrected chi connectivity index (χ1v) is 4.42. The van der Waals surface area contributed by atoms with Gasteiger partial charge in [0.1, 0.15) is 0 Å². The van der Waals surface area contributed by atoms with E-state index in [2.05, 4.69) is 5.32 Å². The van der Waals surface area contributed by atoms with E-state index in [1.807, 2.05) is 6.92 Å². The van der Waals surface area contributed by atoms with Crippen molar-refractivity contribution >= 4 is 11.6 Å². The van der Waals surface area contributed by atoms with Gasteiger partial charge in [-0.2, -0.15) is 0 Å². The molecule has 68 valence electrons. The Balaban J connectivity index is 2.39. The number of hydrogen-bond donors (Lipinski definition) is 1. The number of hydrogen-bond acceptors (Lipinski definition) is 3. The number of piperidine rings is 1. The summed E-state index contributed by atoms with van der Waals surface area (Å²) < 4.78 is 0. The molecule has 1 heterocycles. The third-order valence-corrected chi connectivity index (χ3v) is 2.52. The van der Waals surface area contributed by atoms with Gasteiger partial charge in [0.15, 0.2) is 0 Å². The van der Waals surface area contributed by atoms with Crippen LogP contribution in [0.4, 0.5) is 0 Å². The molecule has 0 aromatic carbocycles. The smallest absolute Gasteiger partial charge is 0.226 e. The van der Waals surface area contributed by atoms with E-state index in [-0.39, 0.29) is 11.8 Å². The molecule has 3 nitrogen and oxygen atoms in total. The highest BCUT2D eigenvalue weighted by Gasteiger charge is 2.25. The molecule has 13 heavy (non-hydrogen) atoms. The molecular weight excluding hydrogens is 166 g/mol. The monoisotopic (exact) mass is 177 g/mol. The average Bonchev–Trinajstić information content (AvgIpc) is 2.09. The maximum atomic E-state index is 11.1. The summed E-state index contributed by atoms with van der Waals surface area (Å²) in [7, 11) is 0. The van der Waals surface area contributed by atoms with Crippen LogP contribution in [0.3, 0.4) is 0 Å². The lowest BCUT2D eigenvalue weighted by molar-refractivity contribution is -0.131. The zero-order valence-electron chi connectivity index (χ0n) is 7.46. The maximum Gasteiger partial charge on any atom is 0.226 e. The third kappa shape index (κ3) is 1.35. The molecule has 0 bridgehead atoms. The van der Waals surface area contributed by atoms with Crippen LogP contribution < -0.4 is 5.32 Å². The van der Waals surface area contributed by atoms with E-state index in [0.717, 1.165) is 24.1 Å². The molecule has 1 atom stereocenters. The van der Waals surface area contributed by atoms with Crippen LogP contribution in [0.15, 0.2) is 23.3 Å². The van der Waals surface area contributed by atoms with Crippen LogP contribution in [0.1, 0.15) is 13.3 Å². The van der Waals surface area contributed by atoms with Crippen molar-refractivity contribution in [1.29, 1.82) is 0 Å². The van der Waals surface area contributed by atoms with E-state index in [4.69, 9.17) is 0 Å². The molecule has 1 fully saturated rings. The molecule has 1 aliphatic heterocycles. The van der Waals surface area contributed by atoms with Crippen LogP contribution in [-0.2, 0) is 9.59 Å². The average molecular weight is 177 g/mol. The predicted molar refractivity (Wildman–Crippen MR) is 48.3 cm³/mol. The highest BCUT2D eigenvalue weighted by Crippen LogP contribution is 2.24. The van der Waals surface area contributed by atoms with Gasteiger partial charge >= 0.3 is 0 Å². The van der Waals surface area contributed by atoms with E-state index in [1.165, 1.54) is 12.2 Å². The van der Waals surface area contributed by atoms with E-state index in [9.17, 15) is 9.59 Å². The molecule has 0 radical (unpaired) electrons. The second-order valence-electron chi connectivity index (χ2n) is 3.42. The number of nitrogens with one attached hydrogen (secondary N) is 1. The minimum Gasteiger partial charge on any atom is -0.310 e. The van der Waals surface area contributed by atoms with Gasteiger partial charge in [0.25, 0.3) is 0 Å². The fourth-order valence-electron chi connectivity index (χ4n) is 1.77. The molecule has 3 heteroatoms. The van der Waals surface area contributed by atoms with Gasteiger partial charge in [-0.3, -0.25) is 9.59 Å². The largest absolute Gasteiger partial charge is 0.310 e. The van der Waals surface area contributed by atoms with Crippen molar-refractivity contribution in [3.8, 4) is 0 Å². The van der Waals surface area contributed by atoms with Gasteiger partial charge in [0.05, 0.1) is 0 Å². The molecule has 1 N–H and O–H groups in total. The molecular formula is C10H11NO2. The number of ketones is 2. The van der Waals surface area contributed by atoms with Gasteiger partial charge in [0.2, 0.25) is 11.6 Å². The van der Waals surface area contributed by atoms with Crippen molar-refractivity contribution in [3.05, 3.63) is 23.3 Å². The normalized spacial score (nSPS) is 27.9. The molecule has 1 aliphatic carbocycles. The molecule has 0 aromatic rings. The fraction of sp³-hybridized carbons (Fsp3) is 0.400. The van der Waals surface area contributed by atoms with Gasteiger partial charge in [-0.1, -0.05) is 0 Å². The van der Waals surface area contributed by atoms with Crippen molar-refractivity contribution in [2.45, 2.75) is 19.4 Å². The van der Waals surface area contributed by atoms with Crippen molar-refractivity contribution in [2.24, 2.45) is 0 Å². The standard InChI is InChI=1S/C10H11NO2/c1-6-8-5-10(13)9(12)4-7(8)2-3-11-6/h4-6,11H,2-3H2,1H3/t6-/m1/s1. The summed E-state index contributed by atoms with van der Waals surface area (Å²) in [5, 5.41) is 3.24. The number of carbonyl (C=O) groups is 2. The Morgan fingerprint density at radius 3 is 2.77 bits per heavy atom. The van der Waals surface area contributed by atoms with Gasteiger partial charge in [0, 0.05) is 6.04 Å². The summed E-state index contributed by atoms with van der Waals surface area (Å²) in [6, 6.07) is 0.192. The van der Waals surface area contributed by atoms with Gasteiger partial charge in [-0.25, -0.2) is 0 Å². The Morgan fingerprint density at radius 1 is 1.31 bits per heavy atom. The van der Waals surface area contributed by atoms with Crippen LogP contribution >= 0.6 is 0 Å². The second-order valence-corrected chi connectivity index (χ2v) is 3.42. The van der Waals surface area contributed by atoms with E-state index in [0.29, 0.717) is 0 Å². The summed E-state index contributed by atoms with van der Waals surface area (Å²) >= 11 is 0. The van der Waals surface area contributed by atoms with E-state index < -0.39 is 5.78 Å². The summed E-state index contributed by atoms with van der Waals surface area (Å²) in [5.41, 5.74) is 2.01. The highest BCUT2D eigenvalue weighted by atomic mass is 16.2.